The standard InChI is InChI=1S/C19H21NO/c1-3-7-16-14(5-1)9-11-20-18(16)13-19-17-8-4-2-6-15(17)10-12-21-19/h1-8,18-20H,9-13H2. The van der Waals surface area contributed by atoms with Gasteiger partial charge in [0.1, 0.15) is 0 Å². The summed E-state index contributed by atoms with van der Waals surface area (Å²) in [5.41, 5.74) is 5.78. The van der Waals surface area contributed by atoms with E-state index in [1.807, 2.05) is 0 Å². The predicted molar refractivity (Wildman–Crippen MR) is 84.3 cm³/mol. The van der Waals surface area contributed by atoms with Crippen molar-refractivity contribution >= 4 is 0 Å². The third-order valence-electron chi connectivity index (χ3n) is 4.76. The Morgan fingerprint density at radius 1 is 0.905 bits per heavy atom. The molecule has 2 heteroatoms. The average molecular weight is 279 g/mol. The number of nitrogens with one attached hydrogen (secondary N) is 1. The third kappa shape index (κ3) is 2.50. The van der Waals surface area contributed by atoms with Crippen LogP contribution in [0.5, 0.6) is 0 Å². The molecule has 2 aliphatic rings. The molecule has 2 aromatic carbocycles. The first kappa shape index (κ1) is 13.1. The number of fused-ring (bicyclic) bond motifs is 2. The highest BCUT2D eigenvalue weighted by Crippen LogP contribution is 2.36. The highest BCUT2D eigenvalue weighted by Gasteiger charge is 2.27. The van der Waals surface area contributed by atoms with Gasteiger partial charge in [-0.15, -0.1) is 0 Å². The van der Waals surface area contributed by atoms with Crippen LogP contribution in [0, 0.1) is 0 Å². The van der Waals surface area contributed by atoms with Gasteiger partial charge in [-0.1, -0.05) is 48.5 Å². The van der Waals surface area contributed by atoms with Gasteiger partial charge in [0.25, 0.3) is 0 Å². The molecule has 0 bridgehead atoms. The highest BCUT2D eigenvalue weighted by molar-refractivity contribution is 5.35. The molecule has 0 amide bonds. The summed E-state index contributed by atoms with van der Waals surface area (Å²) in [6.45, 7) is 1.91. The van der Waals surface area contributed by atoms with Gasteiger partial charge in [0.05, 0.1) is 12.7 Å². The number of benzene rings is 2. The molecular formula is C19H21NO. The first-order chi connectivity index (χ1) is 10.4. The maximum Gasteiger partial charge on any atom is 0.0845 e. The first-order valence-electron chi connectivity index (χ1n) is 7.92. The van der Waals surface area contributed by atoms with Gasteiger partial charge in [-0.2, -0.15) is 0 Å². The molecule has 0 saturated heterocycles. The highest BCUT2D eigenvalue weighted by atomic mass is 16.5. The van der Waals surface area contributed by atoms with Crippen molar-refractivity contribution in [1.29, 1.82) is 0 Å². The van der Waals surface area contributed by atoms with E-state index in [1.165, 1.54) is 22.3 Å². The van der Waals surface area contributed by atoms with Gasteiger partial charge in [0.15, 0.2) is 0 Å². The van der Waals surface area contributed by atoms with Crippen LogP contribution in [0.2, 0.25) is 0 Å². The fourth-order valence-electron chi connectivity index (χ4n) is 3.69. The van der Waals surface area contributed by atoms with E-state index in [0.29, 0.717) is 6.04 Å². The monoisotopic (exact) mass is 279 g/mol. The lowest BCUT2D eigenvalue weighted by Crippen LogP contribution is -2.32. The summed E-state index contributed by atoms with van der Waals surface area (Å²) in [5, 5.41) is 3.67. The average Bonchev–Trinajstić information content (AvgIpc) is 2.56. The van der Waals surface area contributed by atoms with E-state index in [0.717, 1.165) is 32.4 Å². The minimum atomic E-state index is 0.221. The Balaban J connectivity index is 1.61. The van der Waals surface area contributed by atoms with E-state index in [4.69, 9.17) is 4.74 Å². The smallest absolute Gasteiger partial charge is 0.0845 e. The molecule has 0 radical (unpaired) electrons. The molecule has 108 valence electrons. The van der Waals surface area contributed by atoms with Crippen molar-refractivity contribution in [1.82, 2.24) is 5.32 Å². The van der Waals surface area contributed by atoms with Crippen LogP contribution in [0.15, 0.2) is 48.5 Å². The molecule has 2 unspecified atom stereocenters. The second-order valence-electron chi connectivity index (χ2n) is 6.00. The van der Waals surface area contributed by atoms with Crippen LogP contribution in [0.25, 0.3) is 0 Å². The molecule has 0 aliphatic carbocycles. The van der Waals surface area contributed by atoms with E-state index in [1.54, 1.807) is 0 Å². The summed E-state index contributed by atoms with van der Waals surface area (Å²) in [6.07, 6.45) is 3.42. The van der Waals surface area contributed by atoms with Gasteiger partial charge in [-0.05, 0) is 48.1 Å². The van der Waals surface area contributed by atoms with E-state index >= 15 is 0 Å². The van der Waals surface area contributed by atoms with Crippen LogP contribution in [-0.4, -0.2) is 13.2 Å². The minimum absolute atomic E-state index is 0.221. The maximum atomic E-state index is 6.08. The lowest BCUT2D eigenvalue weighted by atomic mass is 9.87. The lowest BCUT2D eigenvalue weighted by molar-refractivity contribution is 0.0288. The van der Waals surface area contributed by atoms with Gasteiger partial charge < -0.3 is 10.1 Å². The SMILES string of the molecule is c1ccc2c(c1)CCNC2CC1OCCc2ccccc21. The fraction of sp³-hybridized carbons (Fsp3) is 0.368. The van der Waals surface area contributed by atoms with Crippen molar-refractivity contribution in [3.63, 3.8) is 0 Å². The number of hydrogen-bond donors (Lipinski definition) is 1. The summed E-state index contributed by atoms with van der Waals surface area (Å²) < 4.78 is 6.08. The molecule has 2 atom stereocenters. The second kappa shape index (κ2) is 5.63. The largest absolute Gasteiger partial charge is 0.373 e. The maximum absolute atomic E-state index is 6.08. The first-order valence-corrected chi connectivity index (χ1v) is 7.92. The van der Waals surface area contributed by atoms with Gasteiger partial charge in [0.2, 0.25) is 0 Å². The molecule has 2 aromatic rings. The van der Waals surface area contributed by atoms with Crippen molar-refractivity contribution in [2.75, 3.05) is 13.2 Å². The summed E-state index contributed by atoms with van der Waals surface area (Å²) in [6, 6.07) is 18.0. The van der Waals surface area contributed by atoms with Crippen LogP contribution < -0.4 is 5.32 Å². The third-order valence-corrected chi connectivity index (χ3v) is 4.76. The summed E-state index contributed by atoms with van der Waals surface area (Å²) in [7, 11) is 0. The van der Waals surface area contributed by atoms with Crippen LogP contribution in [0.3, 0.4) is 0 Å². The summed E-state index contributed by atoms with van der Waals surface area (Å²) in [4.78, 5) is 0. The Morgan fingerprint density at radius 2 is 1.62 bits per heavy atom. The molecule has 2 heterocycles. The second-order valence-corrected chi connectivity index (χ2v) is 6.00. The Bertz CT molecular complexity index is 581. The summed E-state index contributed by atoms with van der Waals surface area (Å²) >= 11 is 0. The molecule has 0 spiro atoms. The van der Waals surface area contributed by atoms with E-state index in [9.17, 15) is 0 Å². The summed E-state index contributed by atoms with van der Waals surface area (Å²) in [5.74, 6) is 0. The van der Waals surface area contributed by atoms with Crippen molar-refractivity contribution in [3.8, 4) is 0 Å². The number of hydrogen-bond acceptors (Lipinski definition) is 2. The molecule has 0 fully saturated rings. The van der Waals surface area contributed by atoms with E-state index < -0.39 is 0 Å². The quantitative estimate of drug-likeness (QED) is 0.907. The molecule has 21 heavy (non-hydrogen) atoms. The normalized spacial score (nSPS) is 24.2. The predicted octanol–water partition coefficient (Wildman–Crippen LogP) is 3.58. The molecule has 2 nitrogen and oxygen atoms in total. The minimum Gasteiger partial charge on any atom is -0.373 e. The van der Waals surface area contributed by atoms with Crippen molar-refractivity contribution < 1.29 is 4.74 Å². The van der Waals surface area contributed by atoms with E-state index in [2.05, 4.69) is 53.8 Å². The molecule has 0 aromatic heterocycles. The molecule has 1 N–H and O–H groups in total. The van der Waals surface area contributed by atoms with Crippen LogP contribution in [0.4, 0.5) is 0 Å². The van der Waals surface area contributed by atoms with Crippen molar-refractivity contribution in [3.05, 3.63) is 70.8 Å². The Kier molecular flexibility index (Phi) is 3.50. The van der Waals surface area contributed by atoms with Crippen LogP contribution in [0.1, 0.15) is 40.8 Å². The Hall–Kier alpha value is -1.64. The lowest BCUT2D eigenvalue weighted by Gasteiger charge is -2.33. The van der Waals surface area contributed by atoms with Gasteiger partial charge >= 0.3 is 0 Å². The Labute approximate surface area is 126 Å². The molecular weight excluding hydrogens is 258 g/mol. The zero-order valence-electron chi connectivity index (χ0n) is 12.2. The number of ether oxygens (including phenoxy) is 1. The van der Waals surface area contributed by atoms with Gasteiger partial charge in [-0.3, -0.25) is 0 Å². The molecule has 4 rings (SSSR count). The fourth-order valence-corrected chi connectivity index (χ4v) is 3.69. The molecule has 0 saturated carbocycles. The molecule has 2 aliphatic heterocycles. The van der Waals surface area contributed by atoms with E-state index in [-0.39, 0.29) is 6.10 Å². The van der Waals surface area contributed by atoms with Crippen molar-refractivity contribution in [2.45, 2.75) is 31.4 Å². The van der Waals surface area contributed by atoms with Gasteiger partial charge in [-0.25, -0.2) is 0 Å². The zero-order chi connectivity index (χ0) is 14.1. The van der Waals surface area contributed by atoms with Gasteiger partial charge in [0, 0.05) is 6.04 Å². The Morgan fingerprint density at radius 3 is 2.48 bits per heavy atom. The van der Waals surface area contributed by atoms with Crippen LogP contribution >= 0.6 is 0 Å². The van der Waals surface area contributed by atoms with Crippen LogP contribution in [-0.2, 0) is 17.6 Å². The van der Waals surface area contributed by atoms with Crippen molar-refractivity contribution in [2.24, 2.45) is 0 Å². The number of rotatable bonds is 2. The topological polar surface area (TPSA) is 21.3 Å². The zero-order valence-corrected chi connectivity index (χ0v) is 12.2.